The number of methoxy groups -OCH3 is 1. The molecule has 3 aromatic rings. The van der Waals surface area contributed by atoms with Crippen LogP contribution in [0.5, 0.6) is 5.75 Å². The van der Waals surface area contributed by atoms with Gasteiger partial charge in [-0.15, -0.1) is 0 Å². The van der Waals surface area contributed by atoms with Gasteiger partial charge in [-0.3, -0.25) is 14.4 Å². The van der Waals surface area contributed by atoms with Crippen molar-refractivity contribution in [1.82, 2.24) is 5.32 Å². The lowest BCUT2D eigenvalue weighted by molar-refractivity contribution is -0.120. The number of carbonyl (C=O) groups excluding carboxylic acids is 3. The van der Waals surface area contributed by atoms with Gasteiger partial charge >= 0.3 is 0 Å². The topological polar surface area (TPSA) is 101 Å². The molecular weight excluding hydrogens is 434 g/mol. The van der Waals surface area contributed by atoms with Gasteiger partial charge in [-0.1, -0.05) is 29.8 Å². The van der Waals surface area contributed by atoms with Crippen molar-refractivity contribution in [2.45, 2.75) is 6.54 Å². The van der Waals surface area contributed by atoms with Crippen molar-refractivity contribution in [3.8, 4) is 5.75 Å². The van der Waals surface area contributed by atoms with E-state index in [4.69, 9.17) is 20.8 Å². The van der Waals surface area contributed by atoms with Crippen molar-refractivity contribution in [2.75, 3.05) is 17.3 Å². The van der Waals surface area contributed by atoms with Crippen molar-refractivity contribution in [3.63, 3.8) is 0 Å². The number of ether oxygens (including phenoxy) is 1. The zero-order chi connectivity index (χ0) is 22.7. The Morgan fingerprint density at radius 1 is 1.06 bits per heavy atom. The Morgan fingerprint density at radius 3 is 2.62 bits per heavy atom. The van der Waals surface area contributed by atoms with E-state index in [1.807, 2.05) is 0 Å². The van der Waals surface area contributed by atoms with Gasteiger partial charge in [-0.05, 0) is 42.5 Å². The Balaban J connectivity index is 1.52. The summed E-state index contributed by atoms with van der Waals surface area (Å²) in [5.74, 6) is -0.644. The maximum Gasteiger partial charge on any atom is 0.283 e. The van der Waals surface area contributed by atoms with E-state index >= 15 is 0 Å². The Morgan fingerprint density at radius 2 is 1.88 bits per heavy atom. The van der Waals surface area contributed by atoms with Crippen LogP contribution in [0.3, 0.4) is 0 Å². The summed E-state index contributed by atoms with van der Waals surface area (Å²) < 4.78 is 10.5. The van der Waals surface area contributed by atoms with E-state index in [9.17, 15) is 14.4 Å². The maximum absolute atomic E-state index is 13.0. The molecule has 0 bridgehead atoms. The van der Waals surface area contributed by atoms with Crippen LogP contribution in [0.4, 0.5) is 11.4 Å². The van der Waals surface area contributed by atoms with E-state index in [1.165, 1.54) is 13.4 Å². The van der Waals surface area contributed by atoms with Crippen molar-refractivity contribution < 1.29 is 23.5 Å². The first kappa shape index (κ1) is 21.2. The number of benzene rings is 2. The van der Waals surface area contributed by atoms with Crippen LogP contribution in [-0.2, 0) is 16.1 Å². The number of halogens is 1. The summed E-state index contributed by atoms with van der Waals surface area (Å²) in [4.78, 5) is 39.1. The number of nitrogens with zero attached hydrogens (tertiary/aromatic N) is 1. The molecular formula is C23H18ClN3O5. The minimum Gasteiger partial charge on any atom is -0.495 e. The molecule has 1 aromatic heterocycles. The highest BCUT2D eigenvalue weighted by molar-refractivity contribution is 6.53. The summed E-state index contributed by atoms with van der Waals surface area (Å²) in [6.45, 7) is 0.237. The van der Waals surface area contributed by atoms with Gasteiger partial charge in [0.2, 0.25) is 0 Å². The lowest BCUT2D eigenvalue weighted by Gasteiger charge is -2.18. The third kappa shape index (κ3) is 4.08. The summed E-state index contributed by atoms with van der Waals surface area (Å²) in [5, 5.41) is 5.36. The molecule has 1 aliphatic heterocycles. The van der Waals surface area contributed by atoms with E-state index in [0.29, 0.717) is 22.8 Å². The normalized spacial score (nSPS) is 13.5. The van der Waals surface area contributed by atoms with Crippen LogP contribution in [0, 0.1) is 0 Å². The number of rotatable bonds is 7. The lowest BCUT2D eigenvalue weighted by atomic mass is 10.2. The molecule has 4 rings (SSSR count). The fourth-order valence-electron chi connectivity index (χ4n) is 3.21. The van der Waals surface area contributed by atoms with Crippen LogP contribution in [0.1, 0.15) is 16.1 Å². The number of para-hydroxylation sites is 2. The number of hydrogen-bond acceptors (Lipinski definition) is 6. The second kappa shape index (κ2) is 8.99. The van der Waals surface area contributed by atoms with Gasteiger partial charge in [0.1, 0.15) is 22.2 Å². The van der Waals surface area contributed by atoms with Crippen LogP contribution >= 0.6 is 11.6 Å². The minimum absolute atomic E-state index is 0.0873. The highest BCUT2D eigenvalue weighted by atomic mass is 35.5. The van der Waals surface area contributed by atoms with Crippen LogP contribution in [-0.4, -0.2) is 24.8 Å². The number of imide groups is 1. The first-order chi connectivity index (χ1) is 15.5. The highest BCUT2D eigenvalue weighted by Crippen LogP contribution is 2.35. The fourth-order valence-corrected chi connectivity index (χ4v) is 3.42. The molecule has 2 aromatic carbocycles. The third-order valence-electron chi connectivity index (χ3n) is 4.75. The lowest BCUT2D eigenvalue weighted by Crippen LogP contribution is -2.32. The highest BCUT2D eigenvalue weighted by Gasteiger charge is 2.40. The van der Waals surface area contributed by atoms with Crippen molar-refractivity contribution >= 4 is 40.7 Å². The van der Waals surface area contributed by atoms with Crippen LogP contribution in [0.2, 0.25) is 0 Å². The molecule has 0 spiro atoms. The molecule has 8 nitrogen and oxygen atoms in total. The zero-order valence-corrected chi connectivity index (χ0v) is 17.7. The Hall–Kier alpha value is -4.04. The van der Waals surface area contributed by atoms with Gasteiger partial charge in [0, 0.05) is 11.3 Å². The molecule has 0 radical (unpaired) electrons. The summed E-state index contributed by atoms with van der Waals surface area (Å²) in [7, 11) is 1.44. The molecule has 0 atom stereocenters. The van der Waals surface area contributed by atoms with E-state index in [2.05, 4.69) is 10.6 Å². The van der Waals surface area contributed by atoms with Crippen LogP contribution < -0.4 is 20.3 Å². The molecule has 0 saturated carbocycles. The zero-order valence-electron chi connectivity index (χ0n) is 16.9. The molecule has 9 heteroatoms. The van der Waals surface area contributed by atoms with Crippen LogP contribution in [0.25, 0.3) is 0 Å². The summed E-state index contributed by atoms with van der Waals surface area (Å²) >= 11 is 6.20. The molecule has 162 valence electrons. The Labute approximate surface area is 188 Å². The van der Waals surface area contributed by atoms with E-state index in [-0.39, 0.29) is 28.9 Å². The number of furan rings is 1. The molecule has 3 amide bonds. The second-order valence-corrected chi connectivity index (χ2v) is 7.15. The Bertz CT molecular complexity index is 1220. The van der Waals surface area contributed by atoms with Crippen molar-refractivity contribution in [2.24, 2.45) is 0 Å². The van der Waals surface area contributed by atoms with Crippen molar-refractivity contribution in [3.05, 3.63) is 89.0 Å². The number of hydrogen-bond donors (Lipinski definition) is 2. The smallest absolute Gasteiger partial charge is 0.283 e. The number of carbonyl (C=O) groups is 3. The molecule has 1 aliphatic rings. The first-order valence-electron chi connectivity index (χ1n) is 9.59. The van der Waals surface area contributed by atoms with Gasteiger partial charge in [-0.2, -0.15) is 0 Å². The van der Waals surface area contributed by atoms with Gasteiger partial charge in [0.05, 0.1) is 25.6 Å². The average Bonchev–Trinajstić information content (AvgIpc) is 3.41. The van der Waals surface area contributed by atoms with Gasteiger partial charge < -0.3 is 19.8 Å². The summed E-state index contributed by atoms with van der Waals surface area (Å²) in [5.41, 5.74) is 0.977. The summed E-state index contributed by atoms with van der Waals surface area (Å²) in [6.07, 6.45) is 1.53. The molecule has 2 heterocycles. The average molecular weight is 452 g/mol. The molecule has 32 heavy (non-hydrogen) atoms. The van der Waals surface area contributed by atoms with E-state index in [1.54, 1.807) is 60.7 Å². The molecule has 0 fully saturated rings. The van der Waals surface area contributed by atoms with Crippen LogP contribution in [0.15, 0.2) is 82.1 Å². The predicted molar refractivity (Wildman–Crippen MR) is 118 cm³/mol. The SMILES string of the molecule is COc1ccccc1N1C(=O)C(Cl)=C(Nc2cccc(C(=O)NCc3ccco3)c2)C1=O. The largest absolute Gasteiger partial charge is 0.495 e. The molecule has 0 aliphatic carbocycles. The standard InChI is InChI=1S/C23H18ClN3O5/c1-31-18-10-3-2-9-17(18)27-22(29)19(24)20(23(27)30)26-15-7-4-6-14(12-15)21(28)25-13-16-8-5-11-32-16/h2-12,26H,13H2,1H3,(H,25,28). The molecule has 2 N–H and O–H groups in total. The van der Waals surface area contributed by atoms with E-state index in [0.717, 1.165) is 4.90 Å². The van der Waals surface area contributed by atoms with Gasteiger partial charge in [0.25, 0.3) is 17.7 Å². The summed E-state index contributed by atoms with van der Waals surface area (Å²) in [6, 6.07) is 16.6. The first-order valence-corrected chi connectivity index (χ1v) is 9.96. The molecule has 0 saturated heterocycles. The van der Waals surface area contributed by atoms with Gasteiger partial charge in [0.15, 0.2) is 0 Å². The van der Waals surface area contributed by atoms with Gasteiger partial charge in [-0.25, -0.2) is 4.90 Å². The van der Waals surface area contributed by atoms with Crippen molar-refractivity contribution in [1.29, 1.82) is 0 Å². The Kier molecular flexibility index (Phi) is 5.96. The number of nitrogens with one attached hydrogen (secondary N) is 2. The second-order valence-electron chi connectivity index (χ2n) is 6.77. The third-order valence-corrected chi connectivity index (χ3v) is 5.10. The van der Waals surface area contributed by atoms with E-state index < -0.39 is 11.8 Å². The number of amides is 3. The monoisotopic (exact) mass is 451 g/mol. The fraction of sp³-hybridized carbons (Fsp3) is 0.0870. The minimum atomic E-state index is -0.670. The molecule has 0 unspecified atom stereocenters. The maximum atomic E-state index is 13.0. The predicted octanol–water partition coefficient (Wildman–Crippen LogP) is 3.65. The number of anilines is 2. The quantitative estimate of drug-likeness (QED) is 0.532.